The number of nitrogens with one attached hydrogen (secondary N) is 3. The molecule has 3 heterocycles. The van der Waals surface area contributed by atoms with E-state index in [1.165, 1.54) is 0 Å². The van der Waals surface area contributed by atoms with Gasteiger partial charge in [-0.2, -0.15) is 0 Å². The van der Waals surface area contributed by atoms with E-state index in [1.807, 2.05) is 30.3 Å². The molecule has 2 aromatic heterocycles. The average molecular weight is 502 g/mol. The standard InChI is InChI=1S/C22H24ClN5O3.C2H4O2/c23-19-12-15-11-17(26-18(15)13-25-19)21(30)27-16(10-14-4-2-1-3-5-14)20(29)22(31)28-8-6-24-7-9-28;1-2(3)4/h1-5,11-13,16,20,24,26,29H,6-10H2,(H,27,30);1H3,(H,3,4)/t16-,20+;/m0./s1. The van der Waals surface area contributed by atoms with E-state index in [0.717, 1.165) is 17.9 Å². The van der Waals surface area contributed by atoms with E-state index in [2.05, 4.69) is 20.6 Å². The normalized spacial score (nSPS) is 15.0. The summed E-state index contributed by atoms with van der Waals surface area (Å²) in [5.74, 6) is -1.63. The van der Waals surface area contributed by atoms with Gasteiger partial charge in [-0.3, -0.25) is 14.4 Å². The molecule has 0 radical (unpaired) electrons. The van der Waals surface area contributed by atoms with E-state index >= 15 is 0 Å². The van der Waals surface area contributed by atoms with E-state index < -0.39 is 24.0 Å². The van der Waals surface area contributed by atoms with Gasteiger partial charge in [0.05, 0.1) is 17.8 Å². The number of aliphatic carboxylic acids is 1. The average Bonchev–Trinajstić information content (AvgIpc) is 3.27. The Balaban J connectivity index is 0.000000795. The Bertz CT molecular complexity index is 1160. The minimum absolute atomic E-state index is 0.305. The number of halogens is 1. The molecule has 1 aliphatic rings. The highest BCUT2D eigenvalue weighted by atomic mass is 35.5. The number of fused-ring (bicyclic) bond motifs is 1. The van der Waals surface area contributed by atoms with Crippen LogP contribution >= 0.6 is 11.6 Å². The van der Waals surface area contributed by atoms with Crippen molar-refractivity contribution in [2.45, 2.75) is 25.5 Å². The number of aliphatic hydroxyl groups is 1. The van der Waals surface area contributed by atoms with E-state index in [1.54, 1.807) is 23.2 Å². The summed E-state index contributed by atoms with van der Waals surface area (Å²) in [7, 11) is 0. The highest BCUT2D eigenvalue weighted by Crippen LogP contribution is 2.18. The molecule has 1 fully saturated rings. The monoisotopic (exact) mass is 501 g/mol. The van der Waals surface area contributed by atoms with Crippen LogP contribution in [0.3, 0.4) is 0 Å². The van der Waals surface area contributed by atoms with Crippen LogP contribution in [0.1, 0.15) is 23.0 Å². The van der Waals surface area contributed by atoms with Crippen LogP contribution in [0.5, 0.6) is 0 Å². The summed E-state index contributed by atoms with van der Waals surface area (Å²) < 4.78 is 0. The number of carboxylic acid groups (broad SMARTS) is 1. The van der Waals surface area contributed by atoms with Gasteiger partial charge in [-0.1, -0.05) is 41.9 Å². The van der Waals surface area contributed by atoms with Gasteiger partial charge in [0.2, 0.25) is 0 Å². The highest BCUT2D eigenvalue weighted by molar-refractivity contribution is 6.30. The number of rotatable bonds is 6. The molecule has 1 aromatic carbocycles. The molecule has 4 rings (SSSR count). The summed E-state index contributed by atoms with van der Waals surface area (Å²) in [4.78, 5) is 43.5. The zero-order valence-electron chi connectivity index (χ0n) is 19.2. The van der Waals surface area contributed by atoms with Crippen molar-refractivity contribution in [3.63, 3.8) is 0 Å². The molecule has 2 atom stereocenters. The van der Waals surface area contributed by atoms with Crippen LogP contribution in [0.4, 0.5) is 0 Å². The van der Waals surface area contributed by atoms with Crippen molar-refractivity contribution < 1.29 is 24.6 Å². The zero-order valence-corrected chi connectivity index (χ0v) is 20.0. The maximum Gasteiger partial charge on any atom is 0.300 e. The van der Waals surface area contributed by atoms with Gasteiger partial charge in [0.1, 0.15) is 10.8 Å². The number of aromatic amines is 1. The lowest BCUT2D eigenvalue weighted by molar-refractivity contribution is -0.142. The number of aliphatic hydroxyl groups excluding tert-OH is 1. The Morgan fingerprint density at radius 1 is 1.17 bits per heavy atom. The fourth-order valence-electron chi connectivity index (χ4n) is 3.73. The minimum atomic E-state index is -1.36. The predicted molar refractivity (Wildman–Crippen MR) is 131 cm³/mol. The summed E-state index contributed by atoms with van der Waals surface area (Å²) in [5, 5.41) is 25.4. The number of carbonyl (C=O) groups excluding carboxylic acids is 2. The molecule has 11 heteroatoms. The third-order valence-corrected chi connectivity index (χ3v) is 5.60. The van der Waals surface area contributed by atoms with Gasteiger partial charge in [0.15, 0.2) is 6.10 Å². The van der Waals surface area contributed by atoms with Crippen molar-refractivity contribution >= 4 is 40.3 Å². The van der Waals surface area contributed by atoms with Crippen LogP contribution in [-0.2, 0) is 16.0 Å². The van der Waals surface area contributed by atoms with Gasteiger partial charge >= 0.3 is 0 Å². The molecule has 0 spiro atoms. The molecule has 0 unspecified atom stereocenters. The maximum atomic E-state index is 13.0. The first kappa shape index (κ1) is 26.1. The van der Waals surface area contributed by atoms with Crippen molar-refractivity contribution in [3.05, 3.63) is 65.1 Å². The van der Waals surface area contributed by atoms with Crippen molar-refractivity contribution in [3.8, 4) is 0 Å². The number of H-pyrrole nitrogens is 1. The summed E-state index contributed by atoms with van der Waals surface area (Å²) >= 11 is 5.93. The van der Waals surface area contributed by atoms with E-state index in [-0.39, 0.29) is 5.91 Å². The van der Waals surface area contributed by atoms with Crippen LogP contribution in [0.2, 0.25) is 5.15 Å². The first-order chi connectivity index (χ1) is 16.7. The second kappa shape index (κ2) is 12.3. The van der Waals surface area contributed by atoms with Crippen LogP contribution in [0, 0.1) is 0 Å². The second-order valence-electron chi connectivity index (χ2n) is 8.09. The van der Waals surface area contributed by atoms with Gasteiger partial charge < -0.3 is 30.7 Å². The minimum Gasteiger partial charge on any atom is -0.481 e. The Morgan fingerprint density at radius 3 is 2.49 bits per heavy atom. The molecule has 186 valence electrons. The van der Waals surface area contributed by atoms with Crippen LogP contribution in [0.25, 0.3) is 10.9 Å². The molecule has 5 N–H and O–H groups in total. The summed E-state index contributed by atoms with van der Waals surface area (Å²) in [5.41, 5.74) is 1.89. The van der Waals surface area contributed by atoms with Gasteiger partial charge in [0, 0.05) is 38.5 Å². The lowest BCUT2D eigenvalue weighted by Gasteiger charge is -2.32. The SMILES string of the molecule is CC(=O)O.O=C(N[C@@H](Cc1ccccc1)[C@@H](O)C(=O)N1CCNCC1)c1cc2cc(Cl)ncc2[nH]1. The number of nitrogens with zero attached hydrogens (tertiary/aromatic N) is 2. The number of aromatic nitrogens is 2. The quantitative estimate of drug-likeness (QED) is 0.321. The largest absolute Gasteiger partial charge is 0.481 e. The lowest BCUT2D eigenvalue weighted by Crippen LogP contribution is -2.56. The number of benzene rings is 1. The third kappa shape index (κ3) is 7.51. The Labute approximate surface area is 207 Å². The van der Waals surface area contributed by atoms with E-state index in [0.29, 0.717) is 49.0 Å². The maximum absolute atomic E-state index is 13.0. The van der Waals surface area contributed by atoms with Gasteiger partial charge in [-0.05, 0) is 24.1 Å². The second-order valence-corrected chi connectivity index (χ2v) is 8.47. The Hall–Kier alpha value is -3.47. The van der Waals surface area contributed by atoms with Crippen LogP contribution in [-0.4, -0.2) is 81.2 Å². The molecule has 0 aliphatic carbocycles. The first-order valence-electron chi connectivity index (χ1n) is 11.1. The number of carboxylic acids is 1. The van der Waals surface area contributed by atoms with Gasteiger partial charge in [-0.15, -0.1) is 0 Å². The van der Waals surface area contributed by atoms with Crippen molar-refractivity contribution in [2.75, 3.05) is 26.2 Å². The smallest absolute Gasteiger partial charge is 0.300 e. The van der Waals surface area contributed by atoms with E-state index in [9.17, 15) is 14.7 Å². The predicted octanol–water partition coefficient (Wildman–Crippen LogP) is 1.44. The molecular formula is C24H28ClN5O5. The number of hydrogen-bond donors (Lipinski definition) is 5. The Kier molecular flexibility index (Phi) is 9.18. The third-order valence-electron chi connectivity index (χ3n) is 5.39. The molecule has 10 nitrogen and oxygen atoms in total. The summed E-state index contributed by atoms with van der Waals surface area (Å²) in [6.45, 7) is 3.50. The van der Waals surface area contributed by atoms with Crippen molar-refractivity contribution in [2.24, 2.45) is 0 Å². The molecule has 1 saturated heterocycles. The Morgan fingerprint density at radius 2 is 1.83 bits per heavy atom. The number of carbonyl (C=O) groups is 3. The summed E-state index contributed by atoms with van der Waals surface area (Å²) in [6.07, 6.45) is 0.514. The highest BCUT2D eigenvalue weighted by Gasteiger charge is 2.32. The van der Waals surface area contributed by atoms with Crippen molar-refractivity contribution in [1.82, 2.24) is 25.5 Å². The molecule has 0 bridgehead atoms. The van der Waals surface area contributed by atoms with E-state index in [4.69, 9.17) is 21.5 Å². The number of amides is 2. The zero-order chi connectivity index (χ0) is 25.4. The lowest BCUT2D eigenvalue weighted by atomic mass is 9.99. The molecule has 35 heavy (non-hydrogen) atoms. The molecule has 3 aromatic rings. The van der Waals surface area contributed by atoms with Crippen LogP contribution < -0.4 is 10.6 Å². The van der Waals surface area contributed by atoms with Crippen LogP contribution in [0.15, 0.2) is 48.7 Å². The fourth-order valence-corrected chi connectivity index (χ4v) is 3.89. The summed E-state index contributed by atoms with van der Waals surface area (Å²) in [6, 6.07) is 12.0. The molecule has 2 amide bonds. The number of piperazine rings is 1. The fraction of sp³-hybridized carbons (Fsp3) is 0.333. The first-order valence-corrected chi connectivity index (χ1v) is 11.5. The molecular weight excluding hydrogens is 474 g/mol. The topological polar surface area (TPSA) is 148 Å². The molecule has 0 saturated carbocycles. The van der Waals surface area contributed by atoms with Crippen molar-refractivity contribution in [1.29, 1.82) is 0 Å². The molecule has 1 aliphatic heterocycles. The van der Waals surface area contributed by atoms with Gasteiger partial charge in [0.25, 0.3) is 17.8 Å². The number of hydrogen-bond acceptors (Lipinski definition) is 6. The van der Waals surface area contributed by atoms with Gasteiger partial charge in [-0.25, -0.2) is 4.98 Å². The number of pyridine rings is 1.